The average molecular weight is 531 g/mol. The Balaban J connectivity index is 1.40. The van der Waals surface area contributed by atoms with Crippen molar-refractivity contribution in [3.05, 3.63) is 89.4 Å². The highest BCUT2D eigenvalue weighted by Crippen LogP contribution is 2.33. The van der Waals surface area contributed by atoms with Crippen LogP contribution < -0.4 is 14.8 Å². The number of halogens is 1. The molecule has 1 aliphatic heterocycles. The van der Waals surface area contributed by atoms with E-state index in [1.165, 1.54) is 0 Å². The van der Waals surface area contributed by atoms with Crippen LogP contribution in [0.25, 0.3) is 16.9 Å². The Morgan fingerprint density at radius 2 is 1.76 bits per heavy atom. The number of amides is 2. The zero-order chi connectivity index (χ0) is 26.5. The summed E-state index contributed by atoms with van der Waals surface area (Å²) >= 11 is 6.47. The van der Waals surface area contributed by atoms with Gasteiger partial charge in [0.1, 0.15) is 12.4 Å². The van der Waals surface area contributed by atoms with Crippen molar-refractivity contribution < 1.29 is 19.1 Å². The molecule has 0 atom stereocenters. The Morgan fingerprint density at radius 3 is 2.55 bits per heavy atom. The second-order valence-electron chi connectivity index (χ2n) is 8.84. The predicted molar refractivity (Wildman–Crippen MR) is 146 cm³/mol. The molecule has 0 aliphatic carbocycles. The molecule has 4 aromatic rings. The van der Waals surface area contributed by atoms with Gasteiger partial charge in [-0.2, -0.15) is 5.10 Å². The second-order valence-corrected chi connectivity index (χ2v) is 9.25. The third-order valence-corrected chi connectivity index (χ3v) is 6.47. The number of nitrogens with zero attached hydrogens (tertiary/aromatic N) is 3. The fourth-order valence-electron chi connectivity index (χ4n) is 4.20. The van der Waals surface area contributed by atoms with E-state index < -0.39 is 0 Å². The number of ether oxygens (including phenoxy) is 2. The Hall–Kier alpha value is -4.30. The topological polar surface area (TPSA) is 85.7 Å². The van der Waals surface area contributed by atoms with Crippen LogP contribution >= 0.6 is 11.6 Å². The van der Waals surface area contributed by atoms with Crippen LogP contribution in [-0.4, -0.2) is 46.4 Å². The van der Waals surface area contributed by atoms with Crippen LogP contribution in [-0.2, 0) is 4.79 Å². The first kappa shape index (κ1) is 25.4. The Bertz CT molecular complexity index is 1450. The van der Waals surface area contributed by atoms with E-state index in [1.54, 1.807) is 39.9 Å². The zero-order valence-electron chi connectivity index (χ0n) is 20.9. The summed E-state index contributed by atoms with van der Waals surface area (Å²) in [5.41, 5.74) is 2.65. The van der Waals surface area contributed by atoms with Crippen LogP contribution in [0.4, 0.5) is 5.82 Å². The summed E-state index contributed by atoms with van der Waals surface area (Å²) in [6.07, 6.45) is 1.64. The fraction of sp³-hybridized carbons (Fsp3) is 0.207. The zero-order valence-corrected chi connectivity index (χ0v) is 21.6. The molecule has 0 bridgehead atoms. The van der Waals surface area contributed by atoms with Crippen LogP contribution in [0.1, 0.15) is 30.1 Å². The molecule has 1 N–H and O–H groups in total. The van der Waals surface area contributed by atoms with Crippen LogP contribution in [0.3, 0.4) is 0 Å². The SMILES string of the molecule is CCCCN(CC(=O)Nc1cc(-c2ccccc2)nn1-c1ccccc1Cl)C(=O)c1ccc2c(c1)OCO2. The monoisotopic (exact) mass is 530 g/mol. The lowest BCUT2D eigenvalue weighted by molar-refractivity contribution is -0.117. The lowest BCUT2D eigenvalue weighted by Gasteiger charge is -2.22. The number of benzene rings is 3. The van der Waals surface area contributed by atoms with Gasteiger partial charge < -0.3 is 19.7 Å². The Morgan fingerprint density at radius 1 is 1.00 bits per heavy atom. The number of carbonyl (C=O) groups is 2. The van der Waals surface area contributed by atoms with Crippen LogP contribution in [0.2, 0.25) is 5.02 Å². The smallest absolute Gasteiger partial charge is 0.254 e. The standard InChI is InChI=1S/C29H27ClN4O4/c1-2-3-15-33(29(36)21-13-14-25-26(16-21)38-19-37-25)18-28(35)31-27-17-23(20-9-5-4-6-10-20)32-34(27)24-12-8-7-11-22(24)30/h4-14,16-17H,2-3,15,18-19H2,1H3,(H,31,35). The number of nitrogens with one attached hydrogen (secondary N) is 1. The van der Waals surface area contributed by atoms with Crippen molar-refractivity contribution in [2.24, 2.45) is 0 Å². The van der Waals surface area contributed by atoms with E-state index >= 15 is 0 Å². The first-order chi connectivity index (χ1) is 18.5. The van der Waals surface area contributed by atoms with E-state index in [9.17, 15) is 9.59 Å². The number of hydrogen-bond acceptors (Lipinski definition) is 5. The van der Waals surface area contributed by atoms with Gasteiger partial charge in [-0.15, -0.1) is 0 Å². The van der Waals surface area contributed by atoms with Crippen molar-refractivity contribution >= 4 is 29.2 Å². The summed E-state index contributed by atoms with van der Waals surface area (Å²) in [5, 5.41) is 8.16. The van der Waals surface area contributed by atoms with Gasteiger partial charge in [-0.3, -0.25) is 9.59 Å². The molecule has 9 heteroatoms. The molecule has 3 aromatic carbocycles. The van der Waals surface area contributed by atoms with E-state index in [4.69, 9.17) is 26.2 Å². The molecule has 8 nitrogen and oxygen atoms in total. The molecule has 1 aliphatic rings. The molecule has 2 amide bonds. The molecule has 0 unspecified atom stereocenters. The van der Waals surface area contributed by atoms with Gasteiger partial charge in [0.05, 0.1) is 16.4 Å². The molecule has 0 saturated heterocycles. The molecule has 38 heavy (non-hydrogen) atoms. The summed E-state index contributed by atoms with van der Waals surface area (Å²) in [4.78, 5) is 28.2. The number of carbonyl (C=O) groups excluding carboxylic acids is 2. The van der Waals surface area contributed by atoms with Crippen LogP contribution in [0.5, 0.6) is 11.5 Å². The number of aromatic nitrogens is 2. The number of anilines is 1. The maximum atomic E-state index is 13.4. The molecular formula is C29H27ClN4O4. The molecule has 0 spiro atoms. The fourth-order valence-corrected chi connectivity index (χ4v) is 4.41. The van der Waals surface area contributed by atoms with Gasteiger partial charge >= 0.3 is 0 Å². The van der Waals surface area contributed by atoms with Crippen molar-refractivity contribution in [3.63, 3.8) is 0 Å². The quantitative estimate of drug-likeness (QED) is 0.295. The number of fused-ring (bicyclic) bond motifs is 1. The Kier molecular flexibility index (Phi) is 7.60. The minimum absolute atomic E-state index is 0.123. The molecular weight excluding hydrogens is 504 g/mol. The van der Waals surface area contributed by atoms with E-state index in [-0.39, 0.29) is 25.2 Å². The summed E-state index contributed by atoms with van der Waals surface area (Å²) in [6.45, 7) is 2.48. The minimum atomic E-state index is -0.344. The van der Waals surface area contributed by atoms with Crippen molar-refractivity contribution in [1.82, 2.24) is 14.7 Å². The molecule has 194 valence electrons. The van der Waals surface area contributed by atoms with Crippen molar-refractivity contribution in [2.75, 3.05) is 25.2 Å². The lowest BCUT2D eigenvalue weighted by atomic mass is 10.1. The normalized spacial score (nSPS) is 11.8. The number of rotatable bonds is 9. The van der Waals surface area contributed by atoms with E-state index in [2.05, 4.69) is 5.32 Å². The summed E-state index contributed by atoms with van der Waals surface area (Å²) < 4.78 is 12.4. The molecule has 2 heterocycles. The highest BCUT2D eigenvalue weighted by molar-refractivity contribution is 6.32. The van der Waals surface area contributed by atoms with Crippen LogP contribution in [0.15, 0.2) is 78.9 Å². The van der Waals surface area contributed by atoms with Crippen molar-refractivity contribution in [1.29, 1.82) is 0 Å². The summed E-state index contributed by atoms with van der Waals surface area (Å²) in [7, 11) is 0. The maximum Gasteiger partial charge on any atom is 0.254 e. The second kappa shape index (κ2) is 11.4. The van der Waals surface area contributed by atoms with Crippen molar-refractivity contribution in [3.8, 4) is 28.4 Å². The summed E-state index contributed by atoms with van der Waals surface area (Å²) in [5.74, 6) is 0.974. The number of hydrogen-bond donors (Lipinski definition) is 1. The van der Waals surface area contributed by atoms with E-state index in [0.29, 0.717) is 45.8 Å². The molecule has 0 radical (unpaired) electrons. The minimum Gasteiger partial charge on any atom is -0.454 e. The van der Waals surface area contributed by atoms with Gasteiger partial charge in [-0.25, -0.2) is 4.68 Å². The van der Waals surface area contributed by atoms with Gasteiger partial charge in [0.2, 0.25) is 12.7 Å². The van der Waals surface area contributed by atoms with Gasteiger partial charge in [-0.1, -0.05) is 67.4 Å². The third kappa shape index (κ3) is 5.50. The van der Waals surface area contributed by atoms with E-state index in [0.717, 1.165) is 18.4 Å². The highest BCUT2D eigenvalue weighted by atomic mass is 35.5. The predicted octanol–water partition coefficient (Wildman–Crippen LogP) is 5.80. The molecule has 5 rings (SSSR count). The number of unbranched alkanes of at least 4 members (excludes halogenated alkanes) is 1. The summed E-state index contributed by atoms with van der Waals surface area (Å²) in [6, 6.07) is 23.8. The van der Waals surface area contributed by atoms with E-state index in [1.807, 2.05) is 55.5 Å². The highest BCUT2D eigenvalue weighted by Gasteiger charge is 2.23. The molecule has 0 fully saturated rings. The van der Waals surface area contributed by atoms with Gasteiger partial charge in [0, 0.05) is 23.7 Å². The van der Waals surface area contributed by atoms with Gasteiger partial charge in [-0.05, 0) is 36.8 Å². The largest absolute Gasteiger partial charge is 0.454 e. The Labute approximate surface area is 225 Å². The van der Waals surface area contributed by atoms with Gasteiger partial charge in [0.25, 0.3) is 5.91 Å². The average Bonchev–Trinajstić information content (AvgIpc) is 3.58. The maximum absolute atomic E-state index is 13.4. The van der Waals surface area contributed by atoms with Crippen molar-refractivity contribution in [2.45, 2.75) is 19.8 Å². The van der Waals surface area contributed by atoms with Crippen LogP contribution in [0, 0.1) is 0 Å². The lowest BCUT2D eigenvalue weighted by Crippen LogP contribution is -2.39. The first-order valence-electron chi connectivity index (χ1n) is 12.4. The number of para-hydroxylation sites is 1. The molecule has 0 saturated carbocycles. The first-order valence-corrected chi connectivity index (χ1v) is 12.8. The van der Waals surface area contributed by atoms with Gasteiger partial charge in [0.15, 0.2) is 11.5 Å². The third-order valence-electron chi connectivity index (χ3n) is 6.15. The molecule has 1 aromatic heterocycles.